The van der Waals surface area contributed by atoms with Crippen molar-refractivity contribution in [3.8, 4) is 0 Å². The van der Waals surface area contributed by atoms with Gasteiger partial charge in [-0.25, -0.2) is 0 Å². The molecule has 0 N–H and O–H groups in total. The zero-order valence-electron chi connectivity index (χ0n) is 16.0. The molecule has 0 aliphatic carbocycles. The van der Waals surface area contributed by atoms with E-state index in [-0.39, 0.29) is 31.4 Å². The average Bonchev–Trinajstić information content (AvgIpc) is 2.71. The molecule has 0 saturated heterocycles. The van der Waals surface area contributed by atoms with Gasteiger partial charge < -0.3 is 18.9 Å². The van der Waals surface area contributed by atoms with Gasteiger partial charge in [0.05, 0.1) is 39.0 Å². The maximum Gasteiger partial charge on any atom is 0.308 e. The molecule has 2 atom stereocenters. The highest BCUT2D eigenvalue weighted by atomic mass is 16.7. The number of esters is 1. The Hall–Kier alpha value is -2.21. The number of carbonyl (C=O) groups is 1. The average molecular weight is 372 g/mol. The molecule has 27 heavy (non-hydrogen) atoms. The Balaban J connectivity index is 1.73. The van der Waals surface area contributed by atoms with Crippen molar-refractivity contribution >= 4 is 5.97 Å². The first-order valence-corrected chi connectivity index (χ1v) is 9.13. The van der Waals surface area contributed by atoms with Crippen LogP contribution in [0.3, 0.4) is 0 Å². The lowest BCUT2D eigenvalue weighted by Crippen LogP contribution is -2.25. The standard InChI is InChI=1S/C22H28O5/c1-18(27-17-25-15-19-9-5-3-6-10-19)13-21(14-22(23)24-2)26-16-20-11-7-4-8-12-20/h3-12,18,21H,13-17H2,1-2H3/t18-,21-/m1/s1. The Bertz CT molecular complexity index is 644. The largest absolute Gasteiger partial charge is 0.469 e. The zero-order valence-corrected chi connectivity index (χ0v) is 16.0. The summed E-state index contributed by atoms with van der Waals surface area (Å²) in [6.45, 7) is 3.09. The number of carbonyl (C=O) groups excluding carboxylic acids is 1. The second-order valence-electron chi connectivity index (χ2n) is 6.36. The van der Waals surface area contributed by atoms with Gasteiger partial charge in [-0.1, -0.05) is 60.7 Å². The molecular weight excluding hydrogens is 344 g/mol. The second-order valence-corrected chi connectivity index (χ2v) is 6.36. The molecule has 0 radical (unpaired) electrons. The maximum absolute atomic E-state index is 11.7. The van der Waals surface area contributed by atoms with Crippen LogP contribution in [0.2, 0.25) is 0 Å². The molecule has 0 saturated carbocycles. The smallest absolute Gasteiger partial charge is 0.308 e. The minimum absolute atomic E-state index is 0.105. The molecule has 0 heterocycles. The third-order valence-electron chi connectivity index (χ3n) is 4.09. The van der Waals surface area contributed by atoms with Crippen molar-refractivity contribution in [3.63, 3.8) is 0 Å². The van der Waals surface area contributed by atoms with Gasteiger partial charge in [-0.3, -0.25) is 4.79 Å². The van der Waals surface area contributed by atoms with Crippen molar-refractivity contribution in [2.45, 2.75) is 45.2 Å². The van der Waals surface area contributed by atoms with E-state index in [1.807, 2.05) is 67.6 Å². The monoisotopic (exact) mass is 372 g/mol. The van der Waals surface area contributed by atoms with Crippen molar-refractivity contribution in [1.29, 1.82) is 0 Å². The fourth-order valence-corrected chi connectivity index (χ4v) is 2.60. The molecule has 146 valence electrons. The van der Waals surface area contributed by atoms with Gasteiger partial charge in [0, 0.05) is 6.42 Å². The van der Waals surface area contributed by atoms with E-state index in [1.165, 1.54) is 7.11 Å². The van der Waals surface area contributed by atoms with Crippen LogP contribution in [0, 0.1) is 0 Å². The van der Waals surface area contributed by atoms with E-state index in [0.29, 0.717) is 19.6 Å². The number of methoxy groups -OCH3 is 1. The summed E-state index contributed by atoms with van der Waals surface area (Å²) in [4.78, 5) is 11.7. The highest BCUT2D eigenvalue weighted by molar-refractivity contribution is 5.69. The first kappa shape index (κ1) is 21.1. The molecule has 0 spiro atoms. The van der Waals surface area contributed by atoms with Crippen molar-refractivity contribution in [3.05, 3.63) is 71.8 Å². The van der Waals surface area contributed by atoms with Crippen molar-refractivity contribution < 1.29 is 23.7 Å². The number of rotatable bonds is 12. The zero-order chi connectivity index (χ0) is 19.3. The highest BCUT2D eigenvalue weighted by Gasteiger charge is 2.19. The lowest BCUT2D eigenvalue weighted by atomic mass is 10.1. The predicted octanol–water partition coefficient (Wildman–Crippen LogP) is 4.10. The molecule has 2 aromatic carbocycles. The van der Waals surface area contributed by atoms with Gasteiger partial charge >= 0.3 is 5.97 Å². The Morgan fingerprint density at radius 2 is 1.48 bits per heavy atom. The van der Waals surface area contributed by atoms with Crippen LogP contribution in [0.15, 0.2) is 60.7 Å². The van der Waals surface area contributed by atoms with Gasteiger partial charge in [-0.2, -0.15) is 0 Å². The fraction of sp³-hybridized carbons (Fsp3) is 0.409. The number of ether oxygens (including phenoxy) is 4. The topological polar surface area (TPSA) is 54.0 Å². The number of benzene rings is 2. The van der Waals surface area contributed by atoms with E-state index < -0.39 is 0 Å². The summed E-state index contributed by atoms with van der Waals surface area (Å²) in [5, 5.41) is 0. The third-order valence-corrected chi connectivity index (χ3v) is 4.09. The normalized spacial score (nSPS) is 13.1. The lowest BCUT2D eigenvalue weighted by molar-refractivity contribution is -0.146. The van der Waals surface area contributed by atoms with E-state index in [9.17, 15) is 4.79 Å². The summed E-state index contributed by atoms with van der Waals surface area (Å²) < 4.78 is 22.0. The van der Waals surface area contributed by atoms with Crippen molar-refractivity contribution in [2.75, 3.05) is 13.9 Å². The number of hydrogen-bond acceptors (Lipinski definition) is 5. The van der Waals surface area contributed by atoms with Crippen LogP contribution in [0.4, 0.5) is 0 Å². The summed E-state index contributed by atoms with van der Waals surface area (Å²) in [6, 6.07) is 19.8. The van der Waals surface area contributed by atoms with Gasteiger partial charge in [0.2, 0.25) is 0 Å². The van der Waals surface area contributed by atoms with Crippen LogP contribution in [-0.4, -0.2) is 32.1 Å². The summed E-state index contributed by atoms with van der Waals surface area (Å²) in [7, 11) is 1.38. The van der Waals surface area contributed by atoms with Crippen LogP contribution in [0.1, 0.15) is 30.9 Å². The van der Waals surface area contributed by atoms with Gasteiger partial charge in [0.15, 0.2) is 0 Å². The maximum atomic E-state index is 11.7. The SMILES string of the molecule is COC(=O)C[C@@H](C[C@@H](C)OCOCc1ccccc1)OCc1ccccc1. The first-order chi connectivity index (χ1) is 13.2. The molecule has 2 aromatic rings. The van der Waals surface area contributed by atoms with Crippen molar-refractivity contribution in [1.82, 2.24) is 0 Å². The molecule has 2 rings (SSSR count). The second kappa shape index (κ2) is 12.2. The van der Waals surface area contributed by atoms with Gasteiger partial charge in [-0.15, -0.1) is 0 Å². The Kier molecular flexibility index (Phi) is 9.55. The third kappa shape index (κ3) is 8.82. The molecule has 0 aliphatic heterocycles. The summed E-state index contributed by atoms with van der Waals surface area (Å²) >= 11 is 0. The Morgan fingerprint density at radius 1 is 0.889 bits per heavy atom. The molecule has 0 amide bonds. The van der Waals surface area contributed by atoms with Gasteiger partial charge in [-0.05, 0) is 18.1 Å². The lowest BCUT2D eigenvalue weighted by Gasteiger charge is -2.21. The van der Waals surface area contributed by atoms with Crippen LogP contribution in [0.25, 0.3) is 0 Å². The molecule has 0 bridgehead atoms. The van der Waals surface area contributed by atoms with E-state index in [0.717, 1.165) is 11.1 Å². The summed E-state index contributed by atoms with van der Waals surface area (Å²) in [5.41, 5.74) is 2.16. The van der Waals surface area contributed by atoms with Crippen molar-refractivity contribution in [2.24, 2.45) is 0 Å². The van der Waals surface area contributed by atoms with Crippen LogP contribution >= 0.6 is 0 Å². The van der Waals surface area contributed by atoms with E-state index >= 15 is 0 Å². The fourth-order valence-electron chi connectivity index (χ4n) is 2.60. The molecule has 0 fully saturated rings. The molecule has 5 heteroatoms. The quantitative estimate of drug-likeness (QED) is 0.319. The Morgan fingerprint density at radius 3 is 2.07 bits per heavy atom. The molecule has 0 aromatic heterocycles. The van der Waals surface area contributed by atoms with E-state index in [4.69, 9.17) is 18.9 Å². The summed E-state index contributed by atoms with van der Waals surface area (Å²) in [5.74, 6) is -0.291. The van der Waals surface area contributed by atoms with Crippen LogP contribution in [0.5, 0.6) is 0 Å². The highest BCUT2D eigenvalue weighted by Crippen LogP contribution is 2.14. The number of hydrogen-bond donors (Lipinski definition) is 0. The van der Waals surface area contributed by atoms with E-state index in [2.05, 4.69) is 0 Å². The minimum Gasteiger partial charge on any atom is -0.469 e. The first-order valence-electron chi connectivity index (χ1n) is 9.13. The molecule has 0 unspecified atom stereocenters. The van der Waals surface area contributed by atoms with Gasteiger partial charge in [0.25, 0.3) is 0 Å². The van der Waals surface area contributed by atoms with Gasteiger partial charge in [0.1, 0.15) is 6.79 Å². The minimum atomic E-state index is -0.291. The van der Waals surface area contributed by atoms with E-state index in [1.54, 1.807) is 0 Å². The Labute approximate surface area is 161 Å². The van der Waals surface area contributed by atoms with Crippen LogP contribution in [-0.2, 0) is 37.0 Å². The summed E-state index contributed by atoms with van der Waals surface area (Å²) in [6.07, 6.45) is 0.395. The molecule has 0 aliphatic rings. The van der Waals surface area contributed by atoms with Crippen LogP contribution < -0.4 is 0 Å². The molecular formula is C22H28O5. The predicted molar refractivity (Wildman–Crippen MR) is 103 cm³/mol. The molecule has 5 nitrogen and oxygen atoms in total.